The molecule has 0 aromatic carbocycles. The molecule has 0 fully saturated rings. The highest BCUT2D eigenvalue weighted by atomic mass is 16.3. The van der Waals surface area contributed by atoms with Crippen LogP contribution in [0.4, 0.5) is 0 Å². The van der Waals surface area contributed by atoms with Crippen LogP contribution in [0.5, 0.6) is 0 Å². The molecule has 0 aliphatic carbocycles. The van der Waals surface area contributed by atoms with Crippen LogP contribution in [0.3, 0.4) is 0 Å². The molecule has 1 aromatic heterocycles. The molecule has 16 heavy (non-hydrogen) atoms. The highest BCUT2D eigenvalue weighted by Gasteiger charge is 2.24. The van der Waals surface area contributed by atoms with Crippen molar-refractivity contribution < 1.29 is 19.8 Å². The van der Waals surface area contributed by atoms with Gasteiger partial charge in [-0.1, -0.05) is 6.07 Å². The number of aromatic nitrogens is 1. The Morgan fingerprint density at radius 1 is 1.38 bits per heavy atom. The first-order chi connectivity index (χ1) is 7.43. The number of ketones is 1. The van der Waals surface area contributed by atoms with E-state index in [2.05, 4.69) is 4.98 Å². The first-order valence-corrected chi connectivity index (χ1v) is 4.57. The lowest BCUT2D eigenvalue weighted by Crippen LogP contribution is -2.34. The number of nitrogens with zero attached hydrogens (tertiary/aromatic N) is 1. The summed E-state index contributed by atoms with van der Waals surface area (Å²) in [6.07, 6.45) is -3.27. The fourth-order valence-electron chi connectivity index (χ4n) is 1.13. The van der Waals surface area contributed by atoms with Crippen LogP contribution < -0.4 is 5.73 Å². The lowest BCUT2D eigenvalue weighted by molar-refractivity contribution is -0.132. The average Bonchev–Trinajstić information content (AvgIpc) is 2.27. The zero-order valence-corrected chi connectivity index (χ0v) is 8.62. The van der Waals surface area contributed by atoms with Crippen LogP contribution in [0.25, 0.3) is 0 Å². The molecular formula is C10H12N2O4. The molecular weight excluding hydrogens is 212 g/mol. The Morgan fingerprint density at radius 3 is 2.50 bits per heavy atom. The van der Waals surface area contributed by atoms with Crippen molar-refractivity contribution in [2.45, 2.75) is 19.1 Å². The Morgan fingerprint density at radius 2 is 2.00 bits per heavy atom. The average molecular weight is 224 g/mol. The summed E-state index contributed by atoms with van der Waals surface area (Å²) in [4.78, 5) is 25.5. The van der Waals surface area contributed by atoms with E-state index in [4.69, 9.17) is 5.73 Å². The molecule has 0 spiro atoms. The summed E-state index contributed by atoms with van der Waals surface area (Å²) < 4.78 is 0. The number of pyridine rings is 1. The highest BCUT2D eigenvalue weighted by Crippen LogP contribution is 2.14. The molecule has 6 heteroatoms. The lowest BCUT2D eigenvalue weighted by Gasteiger charge is -2.14. The van der Waals surface area contributed by atoms with Crippen molar-refractivity contribution in [2.75, 3.05) is 0 Å². The number of carbonyl (C=O) groups excluding carboxylic acids is 2. The van der Waals surface area contributed by atoms with E-state index in [1.807, 2.05) is 0 Å². The molecule has 0 aliphatic heterocycles. The summed E-state index contributed by atoms with van der Waals surface area (Å²) in [5.41, 5.74) is 5.00. The van der Waals surface area contributed by atoms with Crippen LogP contribution in [-0.2, 0) is 4.79 Å². The number of Topliss-reactive ketones (excluding diaryl/α,β-unsaturated/α-hetero) is 1. The van der Waals surface area contributed by atoms with Gasteiger partial charge >= 0.3 is 0 Å². The van der Waals surface area contributed by atoms with Gasteiger partial charge in [0.1, 0.15) is 11.8 Å². The SMILES string of the molecule is CC(=O)c1cccc(C(O)C(O)C(N)=O)n1. The molecule has 6 nitrogen and oxygen atoms in total. The second-order valence-corrected chi connectivity index (χ2v) is 3.30. The zero-order valence-electron chi connectivity index (χ0n) is 8.62. The summed E-state index contributed by atoms with van der Waals surface area (Å²) in [6, 6.07) is 4.36. The standard InChI is InChI=1S/C10H12N2O4/c1-5(13)6-3-2-4-7(12-6)8(14)9(15)10(11)16/h2-4,8-9,14-15H,1H3,(H2,11,16). The topological polar surface area (TPSA) is 114 Å². The Hall–Kier alpha value is -1.79. The van der Waals surface area contributed by atoms with Gasteiger partial charge in [-0.3, -0.25) is 9.59 Å². The molecule has 0 aliphatic rings. The molecule has 2 unspecified atom stereocenters. The van der Waals surface area contributed by atoms with Crippen molar-refractivity contribution in [1.82, 2.24) is 4.98 Å². The highest BCUT2D eigenvalue weighted by molar-refractivity contribution is 5.92. The van der Waals surface area contributed by atoms with E-state index in [0.29, 0.717) is 0 Å². The molecule has 1 rings (SSSR count). The Balaban J connectivity index is 3.00. The fraction of sp³-hybridized carbons (Fsp3) is 0.300. The number of hydrogen-bond donors (Lipinski definition) is 3. The first-order valence-electron chi connectivity index (χ1n) is 4.57. The monoisotopic (exact) mass is 224 g/mol. The number of primary amides is 1. The van der Waals surface area contributed by atoms with Gasteiger partial charge in [0.15, 0.2) is 11.9 Å². The van der Waals surface area contributed by atoms with E-state index in [-0.39, 0.29) is 17.2 Å². The largest absolute Gasteiger partial charge is 0.384 e. The van der Waals surface area contributed by atoms with Crippen LogP contribution in [-0.4, -0.2) is 33.0 Å². The minimum Gasteiger partial charge on any atom is -0.384 e. The first kappa shape index (κ1) is 12.3. The van der Waals surface area contributed by atoms with Crippen molar-refractivity contribution in [3.8, 4) is 0 Å². The van der Waals surface area contributed by atoms with Gasteiger partial charge in [0.2, 0.25) is 5.91 Å². The molecule has 2 atom stereocenters. The van der Waals surface area contributed by atoms with E-state index in [1.165, 1.54) is 25.1 Å². The van der Waals surface area contributed by atoms with Crippen molar-refractivity contribution in [2.24, 2.45) is 5.73 Å². The maximum Gasteiger partial charge on any atom is 0.249 e. The normalized spacial score (nSPS) is 14.2. The summed E-state index contributed by atoms with van der Waals surface area (Å²) >= 11 is 0. The van der Waals surface area contributed by atoms with E-state index in [1.54, 1.807) is 0 Å². The summed E-state index contributed by atoms with van der Waals surface area (Å²) in [5.74, 6) is -1.33. The third kappa shape index (κ3) is 2.62. The molecule has 0 saturated heterocycles. The molecule has 0 radical (unpaired) electrons. The molecule has 4 N–H and O–H groups in total. The van der Waals surface area contributed by atoms with Crippen LogP contribution >= 0.6 is 0 Å². The van der Waals surface area contributed by atoms with Crippen LogP contribution in [0, 0.1) is 0 Å². The van der Waals surface area contributed by atoms with E-state index < -0.39 is 18.1 Å². The van der Waals surface area contributed by atoms with Crippen molar-refractivity contribution in [3.63, 3.8) is 0 Å². The van der Waals surface area contributed by atoms with Crippen LogP contribution in [0.1, 0.15) is 29.2 Å². The van der Waals surface area contributed by atoms with Gasteiger partial charge in [-0.05, 0) is 12.1 Å². The predicted molar refractivity (Wildman–Crippen MR) is 54.4 cm³/mol. The molecule has 1 aromatic rings. The Kier molecular flexibility index (Phi) is 3.70. The molecule has 0 saturated carbocycles. The molecule has 1 amide bonds. The second-order valence-electron chi connectivity index (χ2n) is 3.30. The van der Waals surface area contributed by atoms with E-state index >= 15 is 0 Å². The van der Waals surface area contributed by atoms with Gasteiger partial charge in [0, 0.05) is 6.92 Å². The van der Waals surface area contributed by atoms with Crippen molar-refractivity contribution in [3.05, 3.63) is 29.6 Å². The zero-order chi connectivity index (χ0) is 12.3. The number of amides is 1. The fourth-order valence-corrected chi connectivity index (χ4v) is 1.13. The minimum absolute atomic E-state index is 0.0269. The summed E-state index contributed by atoms with van der Waals surface area (Å²) in [6.45, 7) is 1.32. The predicted octanol–water partition coefficient (Wildman–Crippen LogP) is -0.836. The Bertz CT molecular complexity index is 419. The maximum absolute atomic E-state index is 11.0. The van der Waals surface area contributed by atoms with E-state index in [9.17, 15) is 19.8 Å². The number of aliphatic hydroxyl groups excluding tert-OH is 2. The Labute approximate surface area is 91.7 Å². The van der Waals surface area contributed by atoms with Gasteiger partial charge in [-0.15, -0.1) is 0 Å². The third-order valence-corrected chi connectivity index (χ3v) is 2.02. The van der Waals surface area contributed by atoms with Gasteiger partial charge in [0.05, 0.1) is 5.69 Å². The maximum atomic E-state index is 11.0. The lowest BCUT2D eigenvalue weighted by atomic mass is 10.1. The second kappa shape index (κ2) is 4.82. The summed E-state index contributed by atoms with van der Waals surface area (Å²) in [7, 11) is 0. The number of hydrogen-bond acceptors (Lipinski definition) is 5. The molecule has 86 valence electrons. The summed E-state index contributed by atoms with van der Waals surface area (Å²) in [5, 5.41) is 18.8. The smallest absolute Gasteiger partial charge is 0.249 e. The van der Waals surface area contributed by atoms with Crippen LogP contribution in [0.2, 0.25) is 0 Å². The van der Waals surface area contributed by atoms with Gasteiger partial charge in [-0.25, -0.2) is 4.98 Å². The minimum atomic E-state index is -1.74. The van der Waals surface area contributed by atoms with Crippen LogP contribution in [0.15, 0.2) is 18.2 Å². The number of carbonyl (C=O) groups is 2. The number of aliphatic hydroxyl groups is 2. The van der Waals surface area contributed by atoms with E-state index in [0.717, 1.165) is 0 Å². The third-order valence-electron chi connectivity index (χ3n) is 2.02. The molecule has 0 bridgehead atoms. The van der Waals surface area contributed by atoms with Gasteiger partial charge in [-0.2, -0.15) is 0 Å². The molecule has 1 heterocycles. The van der Waals surface area contributed by atoms with Crippen molar-refractivity contribution in [1.29, 1.82) is 0 Å². The van der Waals surface area contributed by atoms with Gasteiger partial charge in [0.25, 0.3) is 0 Å². The van der Waals surface area contributed by atoms with Gasteiger partial charge < -0.3 is 15.9 Å². The quantitative estimate of drug-likeness (QED) is 0.577. The van der Waals surface area contributed by atoms with Crippen molar-refractivity contribution >= 4 is 11.7 Å². The number of nitrogens with two attached hydrogens (primary N) is 1. The number of rotatable bonds is 4.